The second kappa shape index (κ2) is 5.49. The molecule has 1 aliphatic rings. The highest BCUT2D eigenvalue weighted by Crippen LogP contribution is 2.48. The minimum Gasteiger partial charge on any atom is -0.351 e. The maximum absolute atomic E-state index is 13.6. The topological polar surface area (TPSA) is 29.1 Å². The second-order valence-corrected chi connectivity index (χ2v) is 5.89. The van der Waals surface area contributed by atoms with Gasteiger partial charge in [-0.2, -0.15) is 0 Å². The van der Waals surface area contributed by atoms with Gasteiger partial charge in [-0.1, -0.05) is 35.9 Å². The van der Waals surface area contributed by atoms with Crippen molar-refractivity contribution >= 4 is 17.5 Å². The summed E-state index contributed by atoms with van der Waals surface area (Å²) in [6.07, 6.45) is 2.01. The summed E-state index contributed by atoms with van der Waals surface area (Å²) in [4.78, 5) is 12.1. The number of rotatable bonds is 4. The van der Waals surface area contributed by atoms with Gasteiger partial charge in [-0.3, -0.25) is 4.79 Å². The van der Waals surface area contributed by atoms with Gasteiger partial charge in [-0.15, -0.1) is 0 Å². The van der Waals surface area contributed by atoms with E-state index in [4.69, 9.17) is 11.6 Å². The lowest BCUT2D eigenvalue weighted by molar-refractivity contribution is 0.0945. The minimum absolute atomic E-state index is 0.0498. The van der Waals surface area contributed by atoms with E-state index >= 15 is 0 Å². The average Bonchev–Trinajstić information content (AvgIpc) is 3.26. The van der Waals surface area contributed by atoms with E-state index in [-0.39, 0.29) is 16.9 Å². The molecule has 1 fully saturated rings. The summed E-state index contributed by atoms with van der Waals surface area (Å²) in [5, 5.41) is 3.53. The first-order valence-electron chi connectivity index (χ1n) is 6.90. The third-order valence-electron chi connectivity index (χ3n) is 4.00. The molecule has 3 rings (SSSR count). The number of nitrogens with one attached hydrogen (secondary N) is 1. The molecule has 21 heavy (non-hydrogen) atoms. The van der Waals surface area contributed by atoms with E-state index < -0.39 is 5.82 Å². The second-order valence-electron chi connectivity index (χ2n) is 5.45. The number of amides is 1. The first-order valence-corrected chi connectivity index (χ1v) is 7.27. The number of carbonyl (C=O) groups excluding carboxylic acids is 1. The smallest absolute Gasteiger partial charge is 0.254 e. The molecular formula is C17H15ClFNO. The van der Waals surface area contributed by atoms with E-state index in [1.807, 2.05) is 24.3 Å². The molecule has 1 aliphatic carbocycles. The van der Waals surface area contributed by atoms with Crippen LogP contribution in [0, 0.1) is 5.82 Å². The van der Waals surface area contributed by atoms with Crippen LogP contribution in [-0.2, 0) is 5.41 Å². The molecule has 108 valence electrons. The molecule has 0 aliphatic heterocycles. The van der Waals surface area contributed by atoms with Gasteiger partial charge in [0.2, 0.25) is 0 Å². The lowest BCUT2D eigenvalue weighted by Gasteiger charge is -2.17. The summed E-state index contributed by atoms with van der Waals surface area (Å²) in [7, 11) is 0. The molecule has 2 aromatic rings. The van der Waals surface area contributed by atoms with E-state index in [1.165, 1.54) is 12.1 Å². The van der Waals surface area contributed by atoms with Crippen LogP contribution >= 0.6 is 11.6 Å². The van der Waals surface area contributed by atoms with Crippen molar-refractivity contribution in [1.82, 2.24) is 5.32 Å². The van der Waals surface area contributed by atoms with E-state index in [1.54, 1.807) is 12.1 Å². The molecule has 0 heterocycles. The van der Waals surface area contributed by atoms with E-state index in [2.05, 4.69) is 5.32 Å². The molecule has 2 nitrogen and oxygen atoms in total. The maximum Gasteiger partial charge on any atom is 0.254 e. The largest absolute Gasteiger partial charge is 0.351 e. The minimum atomic E-state index is -0.498. The van der Waals surface area contributed by atoms with Crippen molar-refractivity contribution < 1.29 is 9.18 Å². The van der Waals surface area contributed by atoms with Crippen LogP contribution < -0.4 is 5.32 Å². The fraction of sp³-hybridized carbons (Fsp3) is 0.235. The van der Waals surface area contributed by atoms with Crippen molar-refractivity contribution in [2.45, 2.75) is 18.3 Å². The summed E-state index contributed by atoms with van der Waals surface area (Å²) in [6, 6.07) is 13.7. The fourth-order valence-electron chi connectivity index (χ4n) is 2.53. The first kappa shape index (κ1) is 14.1. The molecule has 0 saturated heterocycles. The van der Waals surface area contributed by atoms with Crippen molar-refractivity contribution in [3.8, 4) is 0 Å². The van der Waals surface area contributed by atoms with Crippen LogP contribution in [0.1, 0.15) is 28.8 Å². The van der Waals surface area contributed by atoms with Crippen LogP contribution in [0.25, 0.3) is 0 Å². The molecule has 0 radical (unpaired) electrons. The van der Waals surface area contributed by atoms with Gasteiger partial charge in [-0.25, -0.2) is 4.39 Å². The SMILES string of the molecule is O=C(NCC1(c2cccc(Cl)c2)CC1)c1ccccc1F. The average molecular weight is 304 g/mol. The number of hydrogen-bond acceptors (Lipinski definition) is 1. The zero-order valence-corrected chi connectivity index (χ0v) is 12.2. The Bertz CT molecular complexity index is 682. The third kappa shape index (κ3) is 2.93. The number of benzene rings is 2. The first-order chi connectivity index (χ1) is 10.1. The molecule has 1 saturated carbocycles. The van der Waals surface area contributed by atoms with Crippen LogP contribution in [0.5, 0.6) is 0 Å². The quantitative estimate of drug-likeness (QED) is 0.910. The van der Waals surface area contributed by atoms with Gasteiger partial charge < -0.3 is 5.32 Å². The molecule has 0 atom stereocenters. The predicted octanol–water partition coefficient (Wildman–Crippen LogP) is 3.94. The Hall–Kier alpha value is -1.87. The predicted molar refractivity (Wildman–Crippen MR) is 81.1 cm³/mol. The third-order valence-corrected chi connectivity index (χ3v) is 4.23. The molecule has 2 aromatic carbocycles. The number of halogens is 2. The highest BCUT2D eigenvalue weighted by atomic mass is 35.5. The van der Waals surface area contributed by atoms with Gasteiger partial charge in [0.25, 0.3) is 5.91 Å². The van der Waals surface area contributed by atoms with E-state index in [9.17, 15) is 9.18 Å². The van der Waals surface area contributed by atoms with E-state index in [0.29, 0.717) is 11.6 Å². The number of hydrogen-bond donors (Lipinski definition) is 1. The fourth-order valence-corrected chi connectivity index (χ4v) is 2.72. The summed E-state index contributed by atoms with van der Waals surface area (Å²) < 4.78 is 13.6. The van der Waals surface area contributed by atoms with E-state index in [0.717, 1.165) is 18.4 Å². The Kier molecular flexibility index (Phi) is 3.68. The number of carbonyl (C=O) groups is 1. The highest BCUT2D eigenvalue weighted by molar-refractivity contribution is 6.30. The maximum atomic E-state index is 13.6. The van der Waals surface area contributed by atoms with Gasteiger partial charge in [-0.05, 0) is 42.7 Å². The van der Waals surface area contributed by atoms with Gasteiger partial charge in [0.05, 0.1) is 5.56 Å². The molecule has 1 N–H and O–H groups in total. The van der Waals surface area contributed by atoms with Crippen LogP contribution in [0.4, 0.5) is 4.39 Å². The Balaban J connectivity index is 1.71. The van der Waals surface area contributed by atoms with Crippen LogP contribution in [0.3, 0.4) is 0 Å². The molecular weight excluding hydrogens is 289 g/mol. The Labute approximate surface area is 127 Å². The van der Waals surface area contributed by atoms with Crippen molar-refractivity contribution in [2.24, 2.45) is 0 Å². The van der Waals surface area contributed by atoms with Crippen LogP contribution in [0.15, 0.2) is 48.5 Å². The zero-order valence-electron chi connectivity index (χ0n) is 11.4. The van der Waals surface area contributed by atoms with Gasteiger partial charge >= 0.3 is 0 Å². The Morgan fingerprint density at radius 2 is 1.95 bits per heavy atom. The molecule has 4 heteroatoms. The van der Waals surface area contributed by atoms with Crippen molar-refractivity contribution in [2.75, 3.05) is 6.54 Å². The molecule has 0 unspecified atom stereocenters. The molecule has 0 aromatic heterocycles. The molecule has 0 spiro atoms. The Morgan fingerprint density at radius 3 is 2.62 bits per heavy atom. The van der Waals surface area contributed by atoms with Gasteiger partial charge in [0.1, 0.15) is 5.82 Å². The van der Waals surface area contributed by atoms with Crippen LogP contribution in [0.2, 0.25) is 5.02 Å². The summed E-state index contributed by atoms with van der Waals surface area (Å²) in [6.45, 7) is 0.501. The molecule has 1 amide bonds. The van der Waals surface area contributed by atoms with Gasteiger partial charge in [0, 0.05) is 17.0 Å². The standard InChI is InChI=1S/C17H15ClFNO/c18-13-5-3-4-12(10-13)17(8-9-17)11-20-16(21)14-6-1-2-7-15(14)19/h1-7,10H,8-9,11H2,(H,20,21). The van der Waals surface area contributed by atoms with Crippen molar-refractivity contribution in [1.29, 1.82) is 0 Å². The normalized spacial score (nSPS) is 15.5. The lowest BCUT2D eigenvalue weighted by Crippen LogP contribution is -2.32. The Morgan fingerprint density at radius 1 is 1.19 bits per heavy atom. The lowest BCUT2D eigenvalue weighted by atomic mass is 9.96. The summed E-state index contributed by atoms with van der Waals surface area (Å²) in [5.41, 5.74) is 1.16. The summed E-state index contributed by atoms with van der Waals surface area (Å²) >= 11 is 6.02. The zero-order chi connectivity index (χ0) is 14.9. The monoisotopic (exact) mass is 303 g/mol. The van der Waals surface area contributed by atoms with Crippen molar-refractivity contribution in [3.05, 3.63) is 70.5 Å². The van der Waals surface area contributed by atoms with Crippen molar-refractivity contribution in [3.63, 3.8) is 0 Å². The van der Waals surface area contributed by atoms with Gasteiger partial charge in [0.15, 0.2) is 0 Å². The van der Waals surface area contributed by atoms with Crippen LogP contribution in [-0.4, -0.2) is 12.5 Å². The summed E-state index contributed by atoms with van der Waals surface area (Å²) in [5.74, 6) is -0.871. The highest BCUT2D eigenvalue weighted by Gasteiger charge is 2.44. The molecule has 0 bridgehead atoms.